The number of nitrogens with zero attached hydrogens (tertiary/aromatic N) is 2. The molecule has 0 spiro atoms. The Hall–Kier alpha value is -1.09. The molecule has 0 radical (unpaired) electrons. The summed E-state index contributed by atoms with van der Waals surface area (Å²) in [6.07, 6.45) is -4.51. The summed E-state index contributed by atoms with van der Waals surface area (Å²) in [5, 5.41) is 9.77. The molecular formula is C16H24BF3N2O2. The van der Waals surface area contributed by atoms with E-state index in [0.29, 0.717) is 19.6 Å². The first-order chi connectivity index (χ1) is 12.7. The van der Waals surface area contributed by atoms with Crippen molar-refractivity contribution < 1.29 is 28.4 Å². The van der Waals surface area contributed by atoms with Gasteiger partial charge in [-0.3, -0.25) is 4.90 Å². The third-order valence-corrected chi connectivity index (χ3v) is 4.29. The number of benzene rings is 1. The summed E-state index contributed by atoms with van der Waals surface area (Å²) in [6.45, 7) is 4.08. The minimum absolute atomic E-state index is 0.210. The third kappa shape index (κ3) is 4.50. The molecule has 1 saturated heterocycles. The molecule has 8 heteroatoms. The summed E-state index contributed by atoms with van der Waals surface area (Å²) in [5.41, 5.74) is -0.635. The summed E-state index contributed by atoms with van der Waals surface area (Å²) < 4.78 is 74.3. The van der Waals surface area contributed by atoms with Crippen molar-refractivity contribution in [3.63, 3.8) is 0 Å². The number of methoxy groups -OCH3 is 1. The quantitative estimate of drug-likeness (QED) is 0.830. The lowest BCUT2D eigenvalue weighted by Crippen LogP contribution is -2.57. The second-order valence-corrected chi connectivity index (χ2v) is 5.98. The summed E-state index contributed by atoms with van der Waals surface area (Å²) in [5.74, 6) is 0. The smallest absolute Gasteiger partial charge is 0.416 e. The highest BCUT2D eigenvalue weighted by Crippen LogP contribution is 2.32. The molecule has 0 saturated carbocycles. The van der Waals surface area contributed by atoms with Crippen LogP contribution in [-0.2, 0) is 10.9 Å². The summed E-state index contributed by atoms with van der Waals surface area (Å²) in [7, 11) is -3.41. The first kappa shape index (κ1) is 14.1. The average Bonchev–Trinajstić information content (AvgIpc) is 2.58. The van der Waals surface area contributed by atoms with Crippen molar-refractivity contribution in [3.8, 4) is 0 Å². The SMILES string of the molecule is [2H]C([2H])([2H])OC[C@@]([2H])(c1ccc(C(F)(F)F)cc1)N1CCN(B(C)O)C[C@@H]1C. The Morgan fingerprint density at radius 1 is 1.42 bits per heavy atom. The molecule has 0 unspecified atom stereocenters. The zero-order chi connectivity index (χ0) is 21.3. The van der Waals surface area contributed by atoms with E-state index in [2.05, 4.69) is 0 Å². The van der Waals surface area contributed by atoms with Gasteiger partial charge in [0.05, 0.1) is 23.7 Å². The van der Waals surface area contributed by atoms with Crippen LogP contribution in [0.4, 0.5) is 13.2 Å². The predicted octanol–water partition coefficient (Wildman–Crippen LogP) is 2.51. The Bertz CT molecular complexity index is 661. The highest BCUT2D eigenvalue weighted by Gasteiger charge is 2.34. The molecule has 1 aromatic rings. The highest BCUT2D eigenvalue weighted by molar-refractivity contribution is 6.45. The largest absolute Gasteiger partial charge is 0.437 e. The van der Waals surface area contributed by atoms with Gasteiger partial charge in [-0.15, -0.1) is 0 Å². The maximum Gasteiger partial charge on any atom is 0.416 e. The van der Waals surface area contributed by atoms with Gasteiger partial charge in [0.25, 0.3) is 0 Å². The molecular weight excluding hydrogens is 320 g/mol. The van der Waals surface area contributed by atoms with E-state index < -0.39 is 38.5 Å². The topological polar surface area (TPSA) is 35.9 Å². The lowest BCUT2D eigenvalue weighted by Gasteiger charge is -2.44. The molecule has 1 N–H and O–H groups in total. The molecule has 24 heavy (non-hydrogen) atoms. The Kier molecular flexibility index (Phi) is 4.63. The Labute approximate surface area is 146 Å². The Morgan fingerprint density at radius 2 is 2.08 bits per heavy atom. The Balaban J connectivity index is 2.35. The lowest BCUT2D eigenvalue weighted by atomic mass is 9.83. The van der Waals surface area contributed by atoms with Crippen molar-refractivity contribution in [2.75, 3.05) is 33.3 Å². The molecule has 1 aliphatic heterocycles. The van der Waals surface area contributed by atoms with Gasteiger partial charge in [0, 0.05) is 32.7 Å². The first-order valence-corrected chi connectivity index (χ1v) is 7.74. The molecule has 0 amide bonds. The molecule has 0 bridgehead atoms. The monoisotopic (exact) mass is 348 g/mol. The number of alkyl halides is 3. The van der Waals surface area contributed by atoms with Crippen molar-refractivity contribution in [2.45, 2.75) is 32.0 Å². The van der Waals surface area contributed by atoms with Crippen LogP contribution in [0.3, 0.4) is 0 Å². The van der Waals surface area contributed by atoms with E-state index in [4.69, 9.17) is 10.2 Å². The molecule has 1 aromatic carbocycles. The van der Waals surface area contributed by atoms with Gasteiger partial charge in [-0.1, -0.05) is 12.1 Å². The fourth-order valence-corrected chi connectivity index (χ4v) is 2.98. The number of hydrogen-bond acceptors (Lipinski definition) is 4. The minimum atomic E-state index is -4.51. The molecule has 2 atom stereocenters. The van der Waals surface area contributed by atoms with Crippen LogP contribution in [0.5, 0.6) is 0 Å². The summed E-state index contributed by atoms with van der Waals surface area (Å²) in [6, 6.07) is 2.18. The van der Waals surface area contributed by atoms with Crippen LogP contribution in [0.2, 0.25) is 6.82 Å². The van der Waals surface area contributed by atoms with Gasteiger partial charge in [0.2, 0.25) is 0 Å². The number of halogens is 3. The lowest BCUT2D eigenvalue weighted by molar-refractivity contribution is -0.137. The molecule has 1 heterocycles. The number of rotatable bonds is 5. The highest BCUT2D eigenvalue weighted by atomic mass is 19.4. The first-order valence-electron chi connectivity index (χ1n) is 9.74. The standard InChI is InChI=1S/C16H24BF3N2O2/c1-12-10-21(17(2)23)8-9-22(12)15(11-24-3)13-4-6-14(7-5-13)16(18,19)20/h4-7,12,15,23H,8-11H2,1-3H3/t12-,15-/m0/s1/i3D3,15D. The van der Waals surface area contributed by atoms with Crippen molar-refractivity contribution >= 4 is 7.05 Å². The van der Waals surface area contributed by atoms with Crippen molar-refractivity contribution in [2.24, 2.45) is 0 Å². The van der Waals surface area contributed by atoms with Gasteiger partial charge < -0.3 is 14.6 Å². The van der Waals surface area contributed by atoms with Crippen LogP contribution < -0.4 is 0 Å². The predicted molar refractivity (Wildman–Crippen MR) is 87.6 cm³/mol. The van der Waals surface area contributed by atoms with Gasteiger partial charge >= 0.3 is 13.2 Å². The van der Waals surface area contributed by atoms with Crippen LogP contribution in [0.25, 0.3) is 0 Å². The van der Waals surface area contributed by atoms with E-state index >= 15 is 0 Å². The molecule has 1 fully saturated rings. The Morgan fingerprint density at radius 3 is 2.58 bits per heavy atom. The maximum absolute atomic E-state index is 12.9. The van der Waals surface area contributed by atoms with Gasteiger partial charge in [-0.05, 0) is 31.4 Å². The second-order valence-electron chi connectivity index (χ2n) is 5.98. The van der Waals surface area contributed by atoms with Gasteiger partial charge in [0.15, 0.2) is 0 Å². The number of hydrogen-bond donors (Lipinski definition) is 1. The minimum Gasteiger partial charge on any atom is -0.437 e. The number of piperazine rings is 1. The van der Waals surface area contributed by atoms with Crippen molar-refractivity contribution in [1.29, 1.82) is 0 Å². The summed E-state index contributed by atoms with van der Waals surface area (Å²) >= 11 is 0. The van der Waals surface area contributed by atoms with E-state index in [-0.39, 0.29) is 11.6 Å². The van der Waals surface area contributed by atoms with E-state index in [1.54, 1.807) is 16.5 Å². The maximum atomic E-state index is 12.9. The van der Waals surface area contributed by atoms with Gasteiger partial charge in [-0.2, -0.15) is 13.2 Å². The molecule has 0 aliphatic carbocycles. The van der Waals surface area contributed by atoms with E-state index in [1.807, 2.05) is 6.92 Å². The van der Waals surface area contributed by atoms with E-state index in [1.165, 1.54) is 12.1 Å². The van der Waals surface area contributed by atoms with E-state index in [9.17, 15) is 18.2 Å². The zero-order valence-corrected chi connectivity index (χ0v) is 13.7. The summed E-state index contributed by atoms with van der Waals surface area (Å²) in [4.78, 5) is 3.50. The molecule has 4 nitrogen and oxygen atoms in total. The zero-order valence-electron chi connectivity index (χ0n) is 17.7. The number of ether oxygens (including phenoxy) is 1. The van der Waals surface area contributed by atoms with Crippen LogP contribution in [0.1, 0.15) is 29.6 Å². The fraction of sp³-hybridized carbons (Fsp3) is 0.625. The molecule has 134 valence electrons. The third-order valence-electron chi connectivity index (χ3n) is 4.29. The fourth-order valence-electron chi connectivity index (χ4n) is 2.98. The normalized spacial score (nSPS) is 26.0. The van der Waals surface area contributed by atoms with Crippen LogP contribution in [0, 0.1) is 0 Å². The molecule has 2 rings (SSSR count). The molecule has 0 aromatic heterocycles. The van der Waals surface area contributed by atoms with Gasteiger partial charge in [0.1, 0.15) is 0 Å². The molecule has 1 aliphatic rings. The van der Waals surface area contributed by atoms with Gasteiger partial charge in [-0.25, -0.2) is 0 Å². The second kappa shape index (κ2) is 7.86. The van der Waals surface area contributed by atoms with E-state index in [0.717, 1.165) is 12.1 Å². The van der Waals surface area contributed by atoms with Crippen LogP contribution in [-0.4, -0.2) is 61.1 Å². The average molecular weight is 348 g/mol. The van der Waals surface area contributed by atoms with Crippen molar-refractivity contribution in [1.82, 2.24) is 9.71 Å². The van der Waals surface area contributed by atoms with Crippen LogP contribution in [0.15, 0.2) is 24.3 Å². The van der Waals surface area contributed by atoms with Crippen molar-refractivity contribution in [3.05, 3.63) is 35.4 Å². The van der Waals surface area contributed by atoms with Crippen LogP contribution >= 0.6 is 0 Å².